The van der Waals surface area contributed by atoms with E-state index in [1.165, 1.54) is 0 Å². The maximum absolute atomic E-state index is 10.8. The quantitative estimate of drug-likeness (QED) is 0.169. The zero-order chi connectivity index (χ0) is 42.5. The van der Waals surface area contributed by atoms with Crippen LogP contribution in [0.2, 0.25) is 0 Å². The Hall–Kier alpha value is -9.70. The summed E-state index contributed by atoms with van der Waals surface area (Å²) < 4.78 is 4.30. The van der Waals surface area contributed by atoms with E-state index in [4.69, 9.17) is 0 Å². The van der Waals surface area contributed by atoms with Gasteiger partial charge in [0, 0.05) is 27.1 Å². The van der Waals surface area contributed by atoms with Gasteiger partial charge in [-0.2, -0.15) is 31.6 Å². The fourth-order valence-electron chi connectivity index (χ4n) is 8.78. The van der Waals surface area contributed by atoms with Crippen LogP contribution >= 0.6 is 0 Å². The van der Waals surface area contributed by atoms with Crippen LogP contribution in [0.1, 0.15) is 33.4 Å². The molecule has 0 fully saturated rings. The lowest BCUT2D eigenvalue weighted by Crippen LogP contribution is -2.05. The van der Waals surface area contributed by atoms with Gasteiger partial charge in [-0.15, -0.1) is 0 Å². The van der Waals surface area contributed by atoms with Crippen molar-refractivity contribution < 1.29 is 0 Å². The van der Waals surface area contributed by atoms with Crippen LogP contribution in [0.25, 0.3) is 88.4 Å². The summed E-state index contributed by atoms with van der Waals surface area (Å²) in [6, 6.07) is 63.3. The summed E-state index contributed by atoms with van der Waals surface area (Å²) in [5, 5.41) is 64.4. The molecule has 8 aromatic carbocycles. The number of hydrogen-bond acceptors (Lipinski definition) is 6. The molecule has 0 amide bonds. The van der Waals surface area contributed by atoms with E-state index >= 15 is 0 Å². The van der Waals surface area contributed by atoms with E-state index in [1.807, 2.05) is 103 Å². The second-order valence-electron chi connectivity index (χ2n) is 14.8. The maximum Gasteiger partial charge on any atom is 0.0998 e. The number of benzene rings is 8. The molecule has 0 aliphatic heterocycles. The van der Waals surface area contributed by atoms with Gasteiger partial charge in [0.15, 0.2) is 0 Å². The van der Waals surface area contributed by atoms with E-state index in [9.17, 15) is 31.6 Å². The van der Waals surface area contributed by atoms with Gasteiger partial charge in [0.1, 0.15) is 0 Å². The fraction of sp³-hybridized carbons (Fsp3) is 0. The minimum atomic E-state index is 0.377. The molecular formula is C54H26N8. The molecule has 0 aliphatic carbocycles. The molecular weight excluding hydrogens is 761 g/mol. The zero-order valence-corrected chi connectivity index (χ0v) is 32.6. The van der Waals surface area contributed by atoms with Gasteiger partial charge in [-0.25, -0.2) is 0 Å². The second-order valence-corrected chi connectivity index (χ2v) is 14.8. The molecule has 0 atom stereocenters. The summed E-state index contributed by atoms with van der Waals surface area (Å²) in [4.78, 5) is 0. The molecule has 0 saturated carbocycles. The van der Waals surface area contributed by atoms with Crippen molar-refractivity contribution in [2.75, 3.05) is 0 Å². The Morgan fingerprint density at radius 3 is 1.23 bits per heavy atom. The highest BCUT2D eigenvalue weighted by atomic mass is 15.0. The number of para-hydroxylation sites is 2. The van der Waals surface area contributed by atoms with E-state index in [-0.39, 0.29) is 0 Å². The minimum absolute atomic E-state index is 0.377. The molecule has 0 bridgehead atoms. The van der Waals surface area contributed by atoms with E-state index in [2.05, 4.69) is 57.7 Å². The minimum Gasteiger partial charge on any atom is -0.308 e. The van der Waals surface area contributed by atoms with Crippen molar-refractivity contribution >= 4 is 43.6 Å². The van der Waals surface area contributed by atoms with Crippen LogP contribution in [-0.2, 0) is 0 Å². The average Bonchev–Trinajstić information content (AvgIpc) is 3.85. The van der Waals surface area contributed by atoms with Crippen LogP contribution in [0.5, 0.6) is 0 Å². The standard InChI is InChI=1S/C54H26N8/c55-27-33-6-5-7-39(20-33)54-52(61-48-10-3-1-8-44(48)46-18-14-37(25-50(46)61)42-16-12-34(28-56)21-40(42)31-59)23-36(30-58)24-53(54)62-49-11-4-2-9-45(49)47-19-15-38(26-51(47)62)43-17-13-35(29-57)22-41(43)32-60/h1-26H. The zero-order valence-electron chi connectivity index (χ0n) is 32.6. The van der Waals surface area contributed by atoms with Crippen LogP contribution in [0.3, 0.4) is 0 Å². The molecule has 10 rings (SSSR count). The first-order chi connectivity index (χ1) is 30.5. The van der Waals surface area contributed by atoms with Crippen LogP contribution in [-0.4, -0.2) is 9.13 Å². The first-order valence-electron chi connectivity index (χ1n) is 19.5. The molecule has 8 nitrogen and oxygen atoms in total. The number of nitrogens with zero attached hydrogens (tertiary/aromatic N) is 8. The summed E-state index contributed by atoms with van der Waals surface area (Å²) in [6.07, 6.45) is 0. The third-order valence-corrected chi connectivity index (χ3v) is 11.5. The Morgan fingerprint density at radius 1 is 0.306 bits per heavy atom. The largest absolute Gasteiger partial charge is 0.308 e. The molecule has 10 aromatic rings. The molecule has 0 spiro atoms. The van der Waals surface area contributed by atoms with Crippen molar-refractivity contribution in [1.82, 2.24) is 9.13 Å². The third-order valence-electron chi connectivity index (χ3n) is 11.5. The van der Waals surface area contributed by atoms with Gasteiger partial charge in [-0.1, -0.05) is 84.9 Å². The van der Waals surface area contributed by atoms with E-state index in [1.54, 1.807) is 42.5 Å². The molecule has 282 valence electrons. The monoisotopic (exact) mass is 786 g/mol. The van der Waals surface area contributed by atoms with Crippen molar-refractivity contribution in [1.29, 1.82) is 31.6 Å². The van der Waals surface area contributed by atoms with E-state index in [0.29, 0.717) is 55.9 Å². The van der Waals surface area contributed by atoms with Crippen LogP contribution < -0.4 is 0 Å². The lowest BCUT2D eigenvalue weighted by atomic mass is 9.96. The summed E-state index contributed by atoms with van der Waals surface area (Å²) in [5.41, 5.74) is 11.6. The van der Waals surface area contributed by atoms with E-state index in [0.717, 1.165) is 65.9 Å². The highest BCUT2D eigenvalue weighted by Gasteiger charge is 2.24. The Bertz CT molecular complexity index is 3620. The number of rotatable bonds is 5. The van der Waals surface area contributed by atoms with Gasteiger partial charge >= 0.3 is 0 Å². The Balaban J connectivity index is 1.35. The van der Waals surface area contributed by atoms with E-state index < -0.39 is 0 Å². The molecule has 0 saturated heterocycles. The van der Waals surface area contributed by atoms with Crippen molar-refractivity contribution in [3.05, 3.63) is 191 Å². The summed E-state index contributed by atoms with van der Waals surface area (Å²) in [5.74, 6) is 0. The lowest BCUT2D eigenvalue weighted by molar-refractivity contribution is 1.13. The fourth-order valence-corrected chi connectivity index (χ4v) is 8.78. The smallest absolute Gasteiger partial charge is 0.0998 e. The molecule has 0 radical (unpaired) electrons. The molecule has 2 aromatic heterocycles. The normalized spacial score (nSPS) is 10.8. The van der Waals surface area contributed by atoms with Crippen molar-refractivity contribution in [3.63, 3.8) is 0 Å². The van der Waals surface area contributed by atoms with Gasteiger partial charge in [0.25, 0.3) is 0 Å². The predicted molar refractivity (Wildman–Crippen MR) is 240 cm³/mol. The first-order valence-corrected chi connectivity index (χ1v) is 19.5. The SMILES string of the molecule is N#Cc1cccc(-c2c(-n3c4ccccc4c4ccc(-c5ccc(C#N)cc5C#N)cc43)cc(C#N)cc2-n2c3ccccc3c3ccc(-c4ccc(C#N)cc4C#N)cc32)c1. The summed E-state index contributed by atoms with van der Waals surface area (Å²) in [7, 11) is 0. The Morgan fingerprint density at radius 2 is 0.758 bits per heavy atom. The van der Waals surface area contributed by atoms with Gasteiger partial charge < -0.3 is 9.13 Å². The van der Waals surface area contributed by atoms with Crippen LogP contribution in [0, 0.1) is 68.0 Å². The molecule has 0 aliphatic rings. The highest BCUT2D eigenvalue weighted by molar-refractivity contribution is 6.13. The van der Waals surface area contributed by atoms with Gasteiger partial charge in [0.2, 0.25) is 0 Å². The second kappa shape index (κ2) is 14.6. The Labute approximate surface area is 355 Å². The molecule has 62 heavy (non-hydrogen) atoms. The first kappa shape index (κ1) is 36.6. The third kappa shape index (κ3) is 5.71. The molecule has 8 heteroatoms. The summed E-state index contributed by atoms with van der Waals surface area (Å²) in [6.45, 7) is 0. The van der Waals surface area contributed by atoms with Crippen LogP contribution in [0.4, 0.5) is 0 Å². The molecule has 0 unspecified atom stereocenters. The van der Waals surface area contributed by atoms with Gasteiger partial charge in [-0.05, 0) is 101 Å². The average molecular weight is 787 g/mol. The molecule has 2 heterocycles. The van der Waals surface area contributed by atoms with Crippen molar-refractivity contribution in [3.8, 4) is 81.2 Å². The Kier molecular flexibility index (Phi) is 8.62. The van der Waals surface area contributed by atoms with Crippen molar-refractivity contribution in [2.45, 2.75) is 0 Å². The summed E-state index contributed by atoms with van der Waals surface area (Å²) >= 11 is 0. The van der Waals surface area contributed by atoms with Crippen LogP contribution in [0.15, 0.2) is 158 Å². The lowest BCUT2D eigenvalue weighted by Gasteiger charge is -2.21. The maximum atomic E-state index is 10.8. The van der Waals surface area contributed by atoms with Crippen molar-refractivity contribution in [2.24, 2.45) is 0 Å². The predicted octanol–water partition coefficient (Wildman–Crippen LogP) is 12.1. The number of nitriles is 6. The highest BCUT2D eigenvalue weighted by Crippen LogP contribution is 2.44. The number of hydrogen-bond donors (Lipinski definition) is 0. The van der Waals surface area contributed by atoms with Gasteiger partial charge in [-0.3, -0.25) is 0 Å². The topological polar surface area (TPSA) is 153 Å². The number of aromatic nitrogens is 2. The number of fused-ring (bicyclic) bond motifs is 6. The van der Waals surface area contributed by atoms with Gasteiger partial charge in [0.05, 0.1) is 103 Å². The molecule has 0 N–H and O–H groups in total.